The van der Waals surface area contributed by atoms with Gasteiger partial charge in [-0.3, -0.25) is 9.59 Å². The van der Waals surface area contributed by atoms with E-state index in [1.165, 1.54) is 24.0 Å². The minimum absolute atomic E-state index is 0.0544. The number of ketones is 1. The SMILES string of the molecule is COc1ccc(CCC2(C3CCCC3)CC(=O)C(Cc3nc4nc(C)cc(C)n4n3)C(=O)O2)cc1C1CC1. The van der Waals surface area contributed by atoms with E-state index in [0.29, 0.717) is 23.9 Å². The largest absolute Gasteiger partial charge is 0.496 e. The van der Waals surface area contributed by atoms with Crippen LogP contribution in [0.15, 0.2) is 24.3 Å². The molecule has 3 fully saturated rings. The number of nitrogens with zero attached hydrogens (tertiary/aromatic N) is 4. The second-order valence-corrected chi connectivity index (χ2v) is 11.5. The normalized spacial score (nSPS) is 24.2. The fraction of sp³-hybridized carbons (Fsp3) is 0.567. The summed E-state index contributed by atoms with van der Waals surface area (Å²) in [6, 6.07) is 8.34. The molecule has 1 aliphatic heterocycles. The van der Waals surface area contributed by atoms with Gasteiger partial charge in [0.15, 0.2) is 11.6 Å². The molecular weight excluding hydrogens is 480 g/mol. The first kappa shape index (κ1) is 25.0. The number of benzene rings is 1. The first-order valence-corrected chi connectivity index (χ1v) is 14.0. The van der Waals surface area contributed by atoms with Crippen LogP contribution in [0.1, 0.15) is 85.6 Å². The third-order valence-corrected chi connectivity index (χ3v) is 8.75. The van der Waals surface area contributed by atoms with Gasteiger partial charge in [0, 0.05) is 24.2 Å². The number of carbonyl (C=O) groups excluding carboxylic acids is 2. The van der Waals surface area contributed by atoms with Crippen LogP contribution >= 0.6 is 0 Å². The van der Waals surface area contributed by atoms with Crippen molar-refractivity contribution in [3.8, 4) is 5.75 Å². The van der Waals surface area contributed by atoms with Crippen molar-refractivity contribution in [2.24, 2.45) is 11.8 Å². The Balaban J connectivity index is 1.21. The van der Waals surface area contributed by atoms with Crippen LogP contribution < -0.4 is 4.74 Å². The summed E-state index contributed by atoms with van der Waals surface area (Å²) < 4.78 is 13.6. The van der Waals surface area contributed by atoms with Gasteiger partial charge in [-0.2, -0.15) is 4.98 Å². The molecule has 3 aromatic rings. The number of cyclic esters (lactones) is 1. The number of Topliss-reactive ketones (excluding diaryl/α,β-unsaturated/α-hetero) is 1. The van der Waals surface area contributed by atoms with Crippen LogP contribution in [0.3, 0.4) is 0 Å². The molecule has 2 aliphatic carbocycles. The Kier molecular flexibility index (Phi) is 6.44. The van der Waals surface area contributed by atoms with Gasteiger partial charge < -0.3 is 9.47 Å². The van der Waals surface area contributed by atoms with Crippen molar-refractivity contribution in [1.29, 1.82) is 0 Å². The summed E-state index contributed by atoms with van der Waals surface area (Å²) in [6.07, 6.45) is 8.48. The molecular formula is C30H36N4O4. The third kappa shape index (κ3) is 4.69. The Bertz CT molecular complexity index is 1370. The molecule has 38 heavy (non-hydrogen) atoms. The molecule has 200 valence electrons. The molecule has 3 heterocycles. The number of hydrogen-bond acceptors (Lipinski definition) is 7. The Hall–Kier alpha value is -3.29. The summed E-state index contributed by atoms with van der Waals surface area (Å²) in [4.78, 5) is 35.9. The summed E-state index contributed by atoms with van der Waals surface area (Å²) in [7, 11) is 1.72. The summed E-state index contributed by atoms with van der Waals surface area (Å²) in [5, 5.41) is 4.52. The fourth-order valence-corrected chi connectivity index (χ4v) is 6.56. The fourth-order valence-electron chi connectivity index (χ4n) is 6.56. The lowest BCUT2D eigenvalue weighted by Gasteiger charge is -2.43. The van der Waals surface area contributed by atoms with Gasteiger partial charge in [0.1, 0.15) is 17.3 Å². The van der Waals surface area contributed by atoms with Crippen LogP contribution in [-0.2, 0) is 27.2 Å². The predicted molar refractivity (Wildman–Crippen MR) is 141 cm³/mol. The van der Waals surface area contributed by atoms with E-state index in [0.717, 1.165) is 49.2 Å². The number of hydrogen-bond donors (Lipinski definition) is 0. The Morgan fingerprint density at radius 3 is 2.58 bits per heavy atom. The van der Waals surface area contributed by atoms with Gasteiger partial charge in [-0.25, -0.2) is 9.50 Å². The van der Waals surface area contributed by atoms with Crippen molar-refractivity contribution >= 4 is 17.5 Å². The second kappa shape index (κ2) is 9.79. The summed E-state index contributed by atoms with van der Waals surface area (Å²) in [6.45, 7) is 3.84. The highest BCUT2D eigenvalue weighted by molar-refractivity contribution is 6.01. The van der Waals surface area contributed by atoms with Gasteiger partial charge in [-0.05, 0) is 87.5 Å². The van der Waals surface area contributed by atoms with Gasteiger partial charge in [-0.1, -0.05) is 25.0 Å². The molecule has 8 heteroatoms. The molecule has 1 aromatic carbocycles. The average molecular weight is 517 g/mol. The number of rotatable bonds is 8. The number of aryl methyl sites for hydroxylation is 3. The number of fused-ring (bicyclic) bond motifs is 1. The van der Waals surface area contributed by atoms with Crippen LogP contribution in [0.5, 0.6) is 5.75 Å². The molecule has 0 spiro atoms. The number of esters is 1. The zero-order valence-electron chi connectivity index (χ0n) is 22.5. The van der Waals surface area contributed by atoms with Crippen molar-refractivity contribution in [2.75, 3.05) is 7.11 Å². The molecule has 0 amide bonds. The summed E-state index contributed by atoms with van der Waals surface area (Å²) >= 11 is 0. The second-order valence-electron chi connectivity index (χ2n) is 11.5. The maximum absolute atomic E-state index is 13.6. The molecule has 2 aromatic heterocycles. The molecule has 0 bridgehead atoms. The number of aromatic nitrogens is 4. The van der Waals surface area contributed by atoms with Gasteiger partial charge in [0.2, 0.25) is 0 Å². The molecule has 3 aliphatic rings. The van der Waals surface area contributed by atoms with E-state index in [9.17, 15) is 9.59 Å². The van der Waals surface area contributed by atoms with Crippen molar-refractivity contribution in [3.05, 3.63) is 52.6 Å². The number of ether oxygens (including phenoxy) is 2. The van der Waals surface area contributed by atoms with Gasteiger partial charge in [-0.15, -0.1) is 5.10 Å². The Labute approximate surface area is 223 Å². The zero-order chi connectivity index (χ0) is 26.4. The third-order valence-electron chi connectivity index (χ3n) is 8.75. The lowest BCUT2D eigenvalue weighted by molar-refractivity contribution is -0.185. The van der Waals surface area contributed by atoms with Crippen LogP contribution in [0.25, 0.3) is 5.78 Å². The van der Waals surface area contributed by atoms with Crippen molar-refractivity contribution in [2.45, 2.75) is 89.6 Å². The van der Waals surface area contributed by atoms with Crippen LogP contribution in [0, 0.1) is 25.7 Å². The molecule has 0 radical (unpaired) electrons. The number of methoxy groups -OCH3 is 1. The van der Waals surface area contributed by atoms with E-state index in [1.54, 1.807) is 11.6 Å². The standard InChI is InChI=1S/C30H36N4O4/c1-18-14-19(2)34-29(31-18)32-27(33-34)16-24-25(35)17-30(38-28(24)36,22-6-4-5-7-22)13-12-20-8-11-26(37-3)23(15-20)21-9-10-21/h8,11,14-15,21-22,24H,4-7,9-10,12-13,16-17H2,1-3H3. The molecule has 2 unspecified atom stereocenters. The smallest absolute Gasteiger partial charge is 0.317 e. The van der Waals surface area contributed by atoms with E-state index < -0.39 is 17.5 Å². The van der Waals surface area contributed by atoms with E-state index in [1.807, 2.05) is 19.9 Å². The summed E-state index contributed by atoms with van der Waals surface area (Å²) in [5.41, 5.74) is 3.51. The van der Waals surface area contributed by atoms with E-state index in [2.05, 4.69) is 33.3 Å². The van der Waals surface area contributed by atoms with E-state index >= 15 is 0 Å². The average Bonchev–Trinajstić information content (AvgIpc) is 3.41. The lowest BCUT2D eigenvalue weighted by atomic mass is 9.73. The Morgan fingerprint density at radius 2 is 1.87 bits per heavy atom. The maximum atomic E-state index is 13.6. The molecule has 1 saturated heterocycles. The van der Waals surface area contributed by atoms with E-state index in [-0.39, 0.29) is 24.5 Å². The number of carbonyl (C=O) groups is 2. The van der Waals surface area contributed by atoms with Gasteiger partial charge in [0.05, 0.1) is 7.11 Å². The van der Waals surface area contributed by atoms with Gasteiger partial charge in [0.25, 0.3) is 5.78 Å². The van der Waals surface area contributed by atoms with Crippen LogP contribution in [0.2, 0.25) is 0 Å². The lowest BCUT2D eigenvalue weighted by Crippen LogP contribution is -2.52. The summed E-state index contributed by atoms with van der Waals surface area (Å²) in [5.74, 6) is 1.33. The van der Waals surface area contributed by atoms with Crippen LogP contribution in [-0.4, -0.2) is 44.0 Å². The molecule has 8 nitrogen and oxygen atoms in total. The molecule has 2 atom stereocenters. The van der Waals surface area contributed by atoms with Crippen molar-refractivity contribution in [1.82, 2.24) is 19.6 Å². The zero-order valence-corrected chi connectivity index (χ0v) is 22.5. The minimum atomic E-state index is -0.870. The molecule has 0 N–H and O–H groups in total. The first-order valence-electron chi connectivity index (χ1n) is 14.0. The minimum Gasteiger partial charge on any atom is -0.496 e. The van der Waals surface area contributed by atoms with Gasteiger partial charge >= 0.3 is 5.97 Å². The first-order chi connectivity index (χ1) is 18.3. The molecule has 6 rings (SSSR count). The highest BCUT2D eigenvalue weighted by Crippen LogP contribution is 2.47. The topological polar surface area (TPSA) is 95.7 Å². The highest BCUT2D eigenvalue weighted by atomic mass is 16.6. The maximum Gasteiger partial charge on any atom is 0.317 e. The predicted octanol–water partition coefficient (Wildman–Crippen LogP) is 4.86. The van der Waals surface area contributed by atoms with Crippen molar-refractivity contribution < 1.29 is 19.1 Å². The molecule has 2 saturated carbocycles. The Morgan fingerprint density at radius 1 is 1.08 bits per heavy atom. The quantitative estimate of drug-likeness (QED) is 0.311. The monoisotopic (exact) mass is 516 g/mol. The van der Waals surface area contributed by atoms with E-state index in [4.69, 9.17) is 9.47 Å². The highest BCUT2D eigenvalue weighted by Gasteiger charge is 2.51. The van der Waals surface area contributed by atoms with Crippen molar-refractivity contribution in [3.63, 3.8) is 0 Å². The van der Waals surface area contributed by atoms with Crippen LogP contribution in [0.4, 0.5) is 0 Å².